The highest BCUT2D eigenvalue weighted by Gasteiger charge is 2.18. The molecule has 0 fully saturated rings. The van der Waals surface area contributed by atoms with Gasteiger partial charge in [-0.15, -0.1) is 0 Å². The number of nitrogens with one attached hydrogen (secondary N) is 1. The van der Waals surface area contributed by atoms with Crippen LogP contribution in [0.15, 0.2) is 24.3 Å². The summed E-state index contributed by atoms with van der Waals surface area (Å²) in [5.41, 5.74) is 6.95. The molecule has 1 amide bonds. The van der Waals surface area contributed by atoms with Crippen LogP contribution >= 0.6 is 11.6 Å². The van der Waals surface area contributed by atoms with Gasteiger partial charge in [0.25, 0.3) is 0 Å². The van der Waals surface area contributed by atoms with Crippen LogP contribution in [0.2, 0.25) is 5.02 Å². The molecule has 0 aliphatic heterocycles. The number of hydrogen-bond donors (Lipinski definition) is 2. The van der Waals surface area contributed by atoms with Crippen LogP contribution in [0, 0.1) is 5.92 Å². The van der Waals surface area contributed by atoms with E-state index in [9.17, 15) is 4.79 Å². The van der Waals surface area contributed by atoms with Crippen molar-refractivity contribution in [2.45, 2.75) is 32.7 Å². The van der Waals surface area contributed by atoms with Gasteiger partial charge in [-0.2, -0.15) is 0 Å². The number of rotatable bonds is 6. The second kappa shape index (κ2) is 7.39. The quantitative estimate of drug-likeness (QED) is 0.832. The number of carbonyl (C=O) groups excluding carboxylic acids is 1. The first-order chi connectivity index (χ1) is 8.54. The summed E-state index contributed by atoms with van der Waals surface area (Å²) in [6, 6.07) is 7.22. The normalized spacial score (nSPS) is 14.0. The van der Waals surface area contributed by atoms with E-state index in [4.69, 9.17) is 17.3 Å². The Labute approximate surface area is 114 Å². The summed E-state index contributed by atoms with van der Waals surface area (Å²) in [6.45, 7) is 4.61. The van der Waals surface area contributed by atoms with Crippen molar-refractivity contribution in [1.82, 2.24) is 5.32 Å². The predicted molar refractivity (Wildman–Crippen MR) is 75.6 cm³/mol. The van der Waals surface area contributed by atoms with Crippen molar-refractivity contribution in [1.29, 1.82) is 0 Å². The summed E-state index contributed by atoms with van der Waals surface area (Å²) >= 11 is 5.89. The van der Waals surface area contributed by atoms with Crippen LogP contribution in [0.3, 0.4) is 0 Å². The zero-order chi connectivity index (χ0) is 13.5. The molecule has 3 nitrogen and oxygen atoms in total. The van der Waals surface area contributed by atoms with Crippen molar-refractivity contribution in [2.24, 2.45) is 11.7 Å². The molecule has 0 heterocycles. The Morgan fingerprint density at radius 1 is 1.50 bits per heavy atom. The monoisotopic (exact) mass is 268 g/mol. The van der Waals surface area contributed by atoms with E-state index in [1.54, 1.807) is 0 Å². The molecule has 0 saturated heterocycles. The molecular weight excluding hydrogens is 248 g/mol. The number of benzene rings is 1. The minimum absolute atomic E-state index is 0.0774. The van der Waals surface area contributed by atoms with Crippen molar-refractivity contribution < 1.29 is 4.79 Å². The lowest BCUT2D eigenvalue weighted by atomic mass is 9.99. The largest absolute Gasteiger partial charge is 0.354 e. The number of hydrogen-bond acceptors (Lipinski definition) is 2. The molecule has 0 saturated carbocycles. The van der Waals surface area contributed by atoms with E-state index in [1.165, 1.54) is 0 Å². The SMILES string of the molecule is CCC(C)[C@H](N)C(=O)NCCc1cccc(Cl)c1. The molecule has 1 unspecified atom stereocenters. The number of halogens is 1. The Bertz CT molecular complexity index is 395. The number of carbonyl (C=O) groups is 1. The van der Waals surface area contributed by atoms with Gasteiger partial charge in [-0.25, -0.2) is 0 Å². The third kappa shape index (κ3) is 4.67. The van der Waals surface area contributed by atoms with E-state index < -0.39 is 6.04 Å². The zero-order valence-electron chi connectivity index (χ0n) is 10.9. The molecule has 2 atom stereocenters. The van der Waals surface area contributed by atoms with Crippen molar-refractivity contribution in [2.75, 3.05) is 6.54 Å². The van der Waals surface area contributed by atoms with Gasteiger partial charge in [-0.05, 0) is 30.0 Å². The summed E-state index contributed by atoms with van der Waals surface area (Å²) in [4.78, 5) is 11.7. The summed E-state index contributed by atoms with van der Waals surface area (Å²) < 4.78 is 0. The summed E-state index contributed by atoms with van der Waals surface area (Å²) in [5, 5.41) is 3.58. The first kappa shape index (κ1) is 15.0. The molecule has 0 aliphatic rings. The van der Waals surface area contributed by atoms with Crippen LogP contribution in [0.1, 0.15) is 25.8 Å². The molecule has 4 heteroatoms. The smallest absolute Gasteiger partial charge is 0.237 e. The Morgan fingerprint density at radius 2 is 2.22 bits per heavy atom. The van der Waals surface area contributed by atoms with Crippen LogP contribution in [-0.2, 0) is 11.2 Å². The fourth-order valence-corrected chi connectivity index (χ4v) is 1.87. The Hall–Kier alpha value is -1.06. The zero-order valence-corrected chi connectivity index (χ0v) is 11.7. The summed E-state index contributed by atoms with van der Waals surface area (Å²) in [6.07, 6.45) is 1.67. The van der Waals surface area contributed by atoms with Gasteiger partial charge in [-0.1, -0.05) is 44.0 Å². The molecule has 0 aliphatic carbocycles. The van der Waals surface area contributed by atoms with Crippen molar-refractivity contribution in [3.05, 3.63) is 34.9 Å². The molecule has 0 radical (unpaired) electrons. The molecular formula is C14H21ClN2O. The van der Waals surface area contributed by atoms with E-state index in [0.29, 0.717) is 6.54 Å². The average molecular weight is 269 g/mol. The lowest BCUT2D eigenvalue weighted by Gasteiger charge is -2.17. The highest BCUT2D eigenvalue weighted by atomic mass is 35.5. The average Bonchev–Trinajstić information content (AvgIpc) is 2.36. The van der Waals surface area contributed by atoms with Crippen LogP contribution < -0.4 is 11.1 Å². The van der Waals surface area contributed by atoms with Crippen LogP contribution in [0.25, 0.3) is 0 Å². The highest BCUT2D eigenvalue weighted by molar-refractivity contribution is 6.30. The number of amides is 1. The van der Waals surface area contributed by atoms with E-state index in [0.717, 1.165) is 23.4 Å². The van der Waals surface area contributed by atoms with E-state index in [1.807, 2.05) is 38.1 Å². The Balaban J connectivity index is 2.36. The standard InChI is InChI=1S/C14H21ClN2O/c1-3-10(2)13(16)14(18)17-8-7-11-5-4-6-12(15)9-11/h4-6,9-10,13H,3,7-8,16H2,1-2H3,(H,17,18)/t10?,13-/m0/s1. The van der Waals surface area contributed by atoms with Crippen LogP contribution in [0.5, 0.6) is 0 Å². The molecule has 18 heavy (non-hydrogen) atoms. The first-order valence-corrected chi connectivity index (χ1v) is 6.70. The Morgan fingerprint density at radius 3 is 2.83 bits per heavy atom. The number of nitrogens with two attached hydrogens (primary N) is 1. The van der Waals surface area contributed by atoms with E-state index >= 15 is 0 Å². The van der Waals surface area contributed by atoms with Crippen molar-refractivity contribution in [3.8, 4) is 0 Å². The predicted octanol–water partition coefficient (Wildman–Crippen LogP) is 2.37. The topological polar surface area (TPSA) is 55.1 Å². The molecule has 0 aromatic heterocycles. The molecule has 100 valence electrons. The fourth-order valence-electron chi connectivity index (χ4n) is 1.65. The minimum Gasteiger partial charge on any atom is -0.354 e. The van der Waals surface area contributed by atoms with Gasteiger partial charge in [0, 0.05) is 11.6 Å². The third-order valence-corrected chi connectivity index (χ3v) is 3.40. The highest BCUT2D eigenvalue weighted by Crippen LogP contribution is 2.10. The molecule has 1 aromatic carbocycles. The maximum Gasteiger partial charge on any atom is 0.237 e. The van der Waals surface area contributed by atoms with E-state index in [-0.39, 0.29) is 11.8 Å². The van der Waals surface area contributed by atoms with Gasteiger partial charge in [0.1, 0.15) is 0 Å². The molecule has 3 N–H and O–H groups in total. The van der Waals surface area contributed by atoms with Gasteiger partial charge >= 0.3 is 0 Å². The van der Waals surface area contributed by atoms with Crippen molar-refractivity contribution >= 4 is 17.5 Å². The molecule has 1 aromatic rings. The minimum atomic E-state index is -0.422. The van der Waals surface area contributed by atoms with Gasteiger partial charge in [0.05, 0.1) is 6.04 Å². The van der Waals surface area contributed by atoms with Gasteiger partial charge in [-0.3, -0.25) is 4.79 Å². The third-order valence-electron chi connectivity index (χ3n) is 3.16. The first-order valence-electron chi connectivity index (χ1n) is 6.32. The molecule has 0 bridgehead atoms. The lowest BCUT2D eigenvalue weighted by Crippen LogP contribution is -2.45. The maximum absolute atomic E-state index is 11.7. The van der Waals surface area contributed by atoms with Crippen LogP contribution in [0.4, 0.5) is 0 Å². The van der Waals surface area contributed by atoms with Gasteiger partial charge in [0.15, 0.2) is 0 Å². The Kier molecular flexibility index (Phi) is 6.16. The second-order valence-corrected chi connectivity index (χ2v) is 5.02. The van der Waals surface area contributed by atoms with Gasteiger partial charge in [0.2, 0.25) is 5.91 Å². The fraction of sp³-hybridized carbons (Fsp3) is 0.500. The maximum atomic E-state index is 11.7. The summed E-state index contributed by atoms with van der Waals surface area (Å²) in [7, 11) is 0. The second-order valence-electron chi connectivity index (χ2n) is 4.58. The lowest BCUT2D eigenvalue weighted by molar-refractivity contribution is -0.123. The van der Waals surface area contributed by atoms with Gasteiger partial charge < -0.3 is 11.1 Å². The van der Waals surface area contributed by atoms with E-state index in [2.05, 4.69) is 5.32 Å². The molecule has 0 spiro atoms. The molecule has 1 rings (SSSR count). The van der Waals surface area contributed by atoms with Crippen molar-refractivity contribution in [3.63, 3.8) is 0 Å². The van der Waals surface area contributed by atoms with Crippen LogP contribution in [-0.4, -0.2) is 18.5 Å². The summed E-state index contributed by atoms with van der Waals surface area (Å²) in [5.74, 6) is 0.127.